The Kier molecular flexibility index (Phi) is 5.79. The zero-order valence-corrected chi connectivity index (χ0v) is 13.3. The van der Waals surface area contributed by atoms with Crippen LogP contribution in [0.3, 0.4) is 0 Å². The van der Waals surface area contributed by atoms with E-state index in [0.717, 1.165) is 31.6 Å². The maximum absolute atomic E-state index is 4.72. The van der Waals surface area contributed by atoms with E-state index in [1.165, 1.54) is 36.4 Å². The molecule has 0 aliphatic heterocycles. The molecule has 1 N–H and O–H groups in total. The molecule has 1 heterocycles. The first-order valence-corrected chi connectivity index (χ1v) is 8.43. The molecule has 0 bridgehead atoms. The molecule has 1 aromatic rings. The first-order chi connectivity index (χ1) is 9.20. The van der Waals surface area contributed by atoms with Crippen molar-refractivity contribution in [2.24, 2.45) is 5.92 Å². The van der Waals surface area contributed by atoms with Crippen molar-refractivity contribution in [2.45, 2.75) is 58.7 Å². The Morgan fingerprint density at radius 2 is 2.21 bits per heavy atom. The Bertz CT molecular complexity index is 377. The number of nitrogens with zero attached hydrogens (tertiary/aromatic N) is 2. The summed E-state index contributed by atoms with van der Waals surface area (Å²) in [6.45, 7) is 7.45. The first-order valence-electron chi connectivity index (χ1n) is 7.55. The summed E-state index contributed by atoms with van der Waals surface area (Å²) in [6.07, 6.45) is 5.54. The SMILES string of the molecule is CCNCc1nc(CN(C)C2CCCCC2C)cs1. The van der Waals surface area contributed by atoms with Gasteiger partial charge in [-0.25, -0.2) is 4.98 Å². The van der Waals surface area contributed by atoms with E-state index < -0.39 is 0 Å². The summed E-state index contributed by atoms with van der Waals surface area (Å²) in [4.78, 5) is 7.23. The second-order valence-electron chi connectivity index (χ2n) is 5.76. The van der Waals surface area contributed by atoms with Crippen molar-refractivity contribution in [3.8, 4) is 0 Å². The average molecular weight is 281 g/mol. The lowest BCUT2D eigenvalue weighted by molar-refractivity contribution is 0.132. The van der Waals surface area contributed by atoms with E-state index in [1.54, 1.807) is 11.3 Å². The van der Waals surface area contributed by atoms with Crippen molar-refractivity contribution < 1.29 is 0 Å². The first kappa shape index (κ1) is 14.9. The van der Waals surface area contributed by atoms with Gasteiger partial charge in [0, 0.05) is 24.5 Å². The monoisotopic (exact) mass is 281 g/mol. The van der Waals surface area contributed by atoms with Crippen molar-refractivity contribution in [3.05, 3.63) is 16.1 Å². The summed E-state index contributed by atoms with van der Waals surface area (Å²) in [5.74, 6) is 0.832. The molecular weight excluding hydrogens is 254 g/mol. The normalized spacial score (nSPS) is 24.0. The lowest BCUT2D eigenvalue weighted by Crippen LogP contribution is -2.38. The predicted molar refractivity (Wildman–Crippen MR) is 82.4 cm³/mol. The molecule has 3 nitrogen and oxygen atoms in total. The molecule has 2 atom stereocenters. The fourth-order valence-corrected chi connectivity index (χ4v) is 3.81. The van der Waals surface area contributed by atoms with E-state index in [-0.39, 0.29) is 0 Å². The highest BCUT2D eigenvalue weighted by atomic mass is 32.1. The van der Waals surface area contributed by atoms with Crippen LogP contribution in [0.5, 0.6) is 0 Å². The zero-order chi connectivity index (χ0) is 13.7. The van der Waals surface area contributed by atoms with Gasteiger partial charge in [-0.05, 0) is 32.4 Å². The minimum Gasteiger partial charge on any atom is -0.311 e. The van der Waals surface area contributed by atoms with E-state index in [1.807, 2.05) is 0 Å². The summed E-state index contributed by atoms with van der Waals surface area (Å²) in [6, 6.07) is 0.743. The number of hydrogen-bond donors (Lipinski definition) is 1. The molecule has 2 unspecified atom stereocenters. The van der Waals surface area contributed by atoms with Gasteiger partial charge in [-0.3, -0.25) is 4.90 Å². The Balaban J connectivity index is 1.87. The largest absolute Gasteiger partial charge is 0.311 e. The second kappa shape index (κ2) is 7.36. The van der Waals surface area contributed by atoms with Gasteiger partial charge in [0.05, 0.1) is 5.69 Å². The van der Waals surface area contributed by atoms with Gasteiger partial charge in [-0.2, -0.15) is 0 Å². The maximum atomic E-state index is 4.72. The third kappa shape index (κ3) is 4.26. The van der Waals surface area contributed by atoms with Gasteiger partial charge in [-0.15, -0.1) is 11.3 Å². The molecule has 0 aromatic carbocycles. The summed E-state index contributed by atoms with van der Waals surface area (Å²) >= 11 is 1.78. The van der Waals surface area contributed by atoms with Crippen LogP contribution < -0.4 is 5.32 Å². The fourth-order valence-electron chi connectivity index (χ4n) is 3.06. The number of nitrogens with one attached hydrogen (secondary N) is 1. The van der Waals surface area contributed by atoms with Crippen LogP contribution in [0.4, 0.5) is 0 Å². The van der Waals surface area contributed by atoms with Crippen molar-refractivity contribution in [2.75, 3.05) is 13.6 Å². The van der Waals surface area contributed by atoms with Gasteiger partial charge in [0.2, 0.25) is 0 Å². The van der Waals surface area contributed by atoms with Crippen LogP contribution >= 0.6 is 11.3 Å². The highest BCUT2D eigenvalue weighted by Gasteiger charge is 2.25. The van der Waals surface area contributed by atoms with Crippen LogP contribution in [-0.4, -0.2) is 29.5 Å². The Morgan fingerprint density at radius 1 is 1.42 bits per heavy atom. The molecular formula is C15H27N3S. The van der Waals surface area contributed by atoms with Gasteiger partial charge in [0.15, 0.2) is 0 Å². The maximum Gasteiger partial charge on any atom is 0.107 e. The minimum atomic E-state index is 0.743. The molecule has 1 aliphatic rings. The van der Waals surface area contributed by atoms with Gasteiger partial charge in [0.1, 0.15) is 5.01 Å². The van der Waals surface area contributed by atoms with Crippen LogP contribution in [0.1, 0.15) is 50.2 Å². The highest BCUT2D eigenvalue weighted by molar-refractivity contribution is 7.09. The van der Waals surface area contributed by atoms with Gasteiger partial charge < -0.3 is 5.32 Å². The summed E-state index contributed by atoms with van der Waals surface area (Å²) in [5.41, 5.74) is 1.23. The van der Waals surface area contributed by atoms with E-state index in [9.17, 15) is 0 Å². The lowest BCUT2D eigenvalue weighted by Gasteiger charge is -2.35. The molecule has 108 valence electrons. The van der Waals surface area contributed by atoms with E-state index >= 15 is 0 Å². The van der Waals surface area contributed by atoms with Gasteiger partial charge in [0.25, 0.3) is 0 Å². The van der Waals surface area contributed by atoms with E-state index in [2.05, 4.69) is 36.5 Å². The van der Waals surface area contributed by atoms with Crippen LogP contribution in [-0.2, 0) is 13.1 Å². The van der Waals surface area contributed by atoms with Crippen molar-refractivity contribution in [1.29, 1.82) is 0 Å². The summed E-state index contributed by atoms with van der Waals surface area (Å²) in [5, 5.41) is 6.76. The number of rotatable bonds is 6. The number of thiazole rings is 1. The van der Waals surface area contributed by atoms with Crippen molar-refractivity contribution in [1.82, 2.24) is 15.2 Å². The third-order valence-electron chi connectivity index (χ3n) is 4.17. The molecule has 1 aliphatic carbocycles. The van der Waals surface area contributed by atoms with Gasteiger partial charge in [-0.1, -0.05) is 26.7 Å². The second-order valence-corrected chi connectivity index (χ2v) is 6.70. The van der Waals surface area contributed by atoms with Gasteiger partial charge >= 0.3 is 0 Å². The quantitative estimate of drug-likeness (QED) is 0.867. The molecule has 1 saturated carbocycles. The smallest absolute Gasteiger partial charge is 0.107 e. The standard InChI is InChI=1S/C15H27N3S/c1-4-16-9-15-17-13(11-19-15)10-18(3)14-8-6-5-7-12(14)2/h11-12,14,16H,4-10H2,1-3H3. The van der Waals surface area contributed by atoms with Crippen molar-refractivity contribution >= 4 is 11.3 Å². The minimum absolute atomic E-state index is 0.743. The fraction of sp³-hybridized carbons (Fsp3) is 0.800. The van der Waals surface area contributed by atoms with Crippen LogP contribution in [0, 0.1) is 5.92 Å². The summed E-state index contributed by atoms with van der Waals surface area (Å²) < 4.78 is 0. The zero-order valence-electron chi connectivity index (χ0n) is 12.5. The van der Waals surface area contributed by atoms with Crippen LogP contribution in [0.15, 0.2) is 5.38 Å². The Hall–Kier alpha value is -0.450. The topological polar surface area (TPSA) is 28.2 Å². The van der Waals surface area contributed by atoms with E-state index in [0.29, 0.717) is 0 Å². The predicted octanol–water partition coefficient (Wildman–Crippen LogP) is 3.26. The molecule has 4 heteroatoms. The lowest BCUT2D eigenvalue weighted by atomic mass is 9.85. The van der Waals surface area contributed by atoms with Crippen LogP contribution in [0.25, 0.3) is 0 Å². The van der Waals surface area contributed by atoms with E-state index in [4.69, 9.17) is 4.98 Å². The number of aromatic nitrogens is 1. The van der Waals surface area contributed by atoms with Crippen molar-refractivity contribution in [3.63, 3.8) is 0 Å². The highest BCUT2D eigenvalue weighted by Crippen LogP contribution is 2.28. The molecule has 0 radical (unpaired) electrons. The molecule has 0 spiro atoms. The Morgan fingerprint density at radius 3 is 2.95 bits per heavy atom. The molecule has 19 heavy (non-hydrogen) atoms. The molecule has 1 fully saturated rings. The number of hydrogen-bond acceptors (Lipinski definition) is 4. The van der Waals surface area contributed by atoms with Crippen LogP contribution in [0.2, 0.25) is 0 Å². The third-order valence-corrected chi connectivity index (χ3v) is 5.07. The molecule has 1 aromatic heterocycles. The summed E-state index contributed by atoms with van der Waals surface area (Å²) in [7, 11) is 2.26. The molecule has 0 amide bonds. The Labute approximate surface area is 121 Å². The average Bonchev–Trinajstić information content (AvgIpc) is 2.84. The molecule has 2 rings (SSSR count). The molecule has 0 saturated heterocycles.